The largest absolute Gasteiger partial charge is 0.367 e. The Kier molecular flexibility index (Phi) is 4.97. The zero-order valence-corrected chi connectivity index (χ0v) is 13.4. The van der Waals surface area contributed by atoms with E-state index in [1.54, 1.807) is 29.5 Å². The van der Waals surface area contributed by atoms with Crippen LogP contribution in [0.4, 0.5) is 5.82 Å². The smallest absolute Gasteiger partial charge is 0.253 e. The highest BCUT2D eigenvalue weighted by molar-refractivity contribution is 5.33. The zero-order chi connectivity index (χ0) is 16.1. The molecule has 0 saturated carbocycles. The highest BCUT2D eigenvalue weighted by Gasteiger charge is 2.19. The number of hydrogen-bond acceptors (Lipinski definition) is 6. The number of nitrogens with one attached hydrogen (secondary N) is 1. The van der Waals surface area contributed by atoms with E-state index in [0.29, 0.717) is 12.6 Å². The van der Waals surface area contributed by atoms with Crippen LogP contribution in [0.25, 0.3) is 0 Å². The third kappa shape index (κ3) is 4.35. The molecule has 0 atom stereocenters. The minimum atomic E-state index is 0.0258. The van der Waals surface area contributed by atoms with Crippen molar-refractivity contribution in [2.75, 3.05) is 25.0 Å². The molecule has 1 N–H and O–H groups in total. The first kappa shape index (κ1) is 15.6. The Bertz CT molecular complexity index is 678. The van der Waals surface area contributed by atoms with E-state index in [1.165, 1.54) is 0 Å². The summed E-state index contributed by atoms with van der Waals surface area (Å²) in [6.45, 7) is 5.45. The number of aryl methyl sites for hydroxylation is 1. The molecular formula is C16H22N6O. The third-order valence-electron chi connectivity index (χ3n) is 4.19. The molecule has 7 heteroatoms. The monoisotopic (exact) mass is 314 g/mol. The van der Waals surface area contributed by atoms with Crippen molar-refractivity contribution < 1.29 is 0 Å². The summed E-state index contributed by atoms with van der Waals surface area (Å²) in [6.07, 6.45) is 7.10. The topological polar surface area (TPSA) is 75.9 Å². The first-order chi connectivity index (χ1) is 11.2. The van der Waals surface area contributed by atoms with Crippen molar-refractivity contribution in [1.29, 1.82) is 0 Å². The number of aromatic nitrogens is 4. The lowest BCUT2D eigenvalue weighted by atomic mass is 10.1. The lowest BCUT2D eigenvalue weighted by Gasteiger charge is -2.32. The summed E-state index contributed by atoms with van der Waals surface area (Å²) in [7, 11) is 0. The second-order valence-corrected chi connectivity index (χ2v) is 5.92. The van der Waals surface area contributed by atoms with Crippen LogP contribution in [0.2, 0.25) is 0 Å². The van der Waals surface area contributed by atoms with Gasteiger partial charge in [-0.1, -0.05) is 0 Å². The van der Waals surface area contributed by atoms with Crippen LogP contribution < -0.4 is 10.9 Å². The van der Waals surface area contributed by atoms with Crippen molar-refractivity contribution >= 4 is 5.82 Å². The van der Waals surface area contributed by atoms with Gasteiger partial charge in [0.1, 0.15) is 12.1 Å². The maximum Gasteiger partial charge on any atom is 0.253 e. The summed E-state index contributed by atoms with van der Waals surface area (Å²) in [5.41, 5.74) is 0.792. The van der Waals surface area contributed by atoms with E-state index in [1.807, 2.05) is 13.0 Å². The fraction of sp³-hybridized carbons (Fsp3) is 0.500. The highest BCUT2D eigenvalue weighted by atomic mass is 16.1. The quantitative estimate of drug-likeness (QED) is 0.884. The van der Waals surface area contributed by atoms with Crippen molar-refractivity contribution in [2.45, 2.75) is 32.4 Å². The van der Waals surface area contributed by atoms with Crippen molar-refractivity contribution in [3.63, 3.8) is 0 Å². The van der Waals surface area contributed by atoms with Crippen LogP contribution >= 0.6 is 0 Å². The van der Waals surface area contributed by atoms with Gasteiger partial charge in [-0.05, 0) is 25.8 Å². The minimum absolute atomic E-state index is 0.0258. The maximum atomic E-state index is 11.9. The molecule has 2 aromatic heterocycles. The van der Waals surface area contributed by atoms with E-state index >= 15 is 0 Å². The van der Waals surface area contributed by atoms with Gasteiger partial charge >= 0.3 is 0 Å². The molecule has 0 aromatic carbocycles. The number of hydrogen-bond donors (Lipinski definition) is 1. The summed E-state index contributed by atoms with van der Waals surface area (Å²) in [5.74, 6) is 0.885. The van der Waals surface area contributed by atoms with Crippen LogP contribution in [0.1, 0.15) is 18.5 Å². The molecule has 23 heavy (non-hydrogen) atoms. The molecule has 1 saturated heterocycles. The Morgan fingerprint density at radius 2 is 2.09 bits per heavy atom. The average molecular weight is 314 g/mol. The number of rotatable bonds is 5. The molecule has 3 heterocycles. The number of nitrogens with zero attached hydrogens (tertiary/aromatic N) is 5. The van der Waals surface area contributed by atoms with Gasteiger partial charge in [-0.15, -0.1) is 0 Å². The average Bonchev–Trinajstić information content (AvgIpc) is 2.56. The molecule has 0 unspecified atom stereocenters. The molecule has 0 spiro atoms. The van der Waals surface area contributed by atoms with Gasteiger partial charge in [0, 0.05) is 50.2 Å². The van der Waals surface area contributed by atoms with Gasteiger partial charge in [0.15, 0.2) is 0 Å². The second-order valence-electron chi connectivity index (χ2n) is 5.92. The van der Waals surface area contributed by atoms with E-state index < -0.39 is 0 Å². The second kappa shape index (κ2) is 7.32. The molecule has 1 aliphatic rings. The summed E-state index contributed by atoms with van der Waals surface area (Å²) in [4.78, 5) is 26.6. The standard InChI is InChI=1S/C16H22N6O/c1-13-10-16(23)22(12-19-13)9-8-21-6-3-14(4-7-21)20-15-2-5-17-11-18-15/h2,5,10-12,14H,3-4,6-9H2,1H3,(H,17,18,20). The highest BCUT2D eigenvalue weighted by Crippen LogP contribution is 2.14. The Balaban J connectivity index is 1.45. The van der Waals surface area contributed by atoms with Gasteiger partial charge in [0.25, 0.3) is 5.56 Å². The van der Waals surface area contributed by atoms with Gasteiger partial charge < -0.3 is 10.2 Å². The molecule has 1 aliphatic heterocycles. The van der Waals surface area contributed by atoms with Gasteiger partial charge in [-0.3, -0.25) is 9.36 Å². The zero-order valence-electron chi connectivity index (χ0n) is 13.4. The molecule has 3 rings (SSSR count). The Hall–Kier alpha value is -2.28. The van der Waals surface area contributed by atoms with Gasteiger partial charge in [-0.25, -0.2) is 15.0 Å². The predicted octanol–water partition coefficient (Wildman–Crippen LogP) is 0.918. The summed E-state index contributed by atoms with van der Waals surface area (Å²) < 4.78 is 1.68. The normalized spacial score (nSPS) is 16.4. The van der Waals surface area contributed by atoms with Crippen LogP contribution in [0.15, 0.2) is 35.8 Å². The fourth-order valence-electron chi connectivity index (χ4n) is 2.82. The lowest BCUT2D eigenvalue weighted by Crippen LogP contribution is -2.41. The van der Waals surface area contributed by atoms with Crippen molar-refractivity contribution in [3.8, 4) is 0 Å². The van der Waals surface area contributed by atoms with Crippen LogP contribution in [-0.4, -0.2) is 50.1 Å². The number of anilines is 1. The summed E-state index contributed by atoms with van der Waals surface area (Å²) in [5, 5.41) is 3.45. The first-order valence-electron chi connectivity index (χ1n) is 7.99. The van der Waals surface area contributed by atoms with E-state index in [4.69, 9.17) is 0 Å². The Morgan fingerprint density at radius 3 is 2.78 bits per heavy atom. The molecule has 2 aromatic rings. The van der Waals surface area contributed by atoms with Crippen LogP contribution in [0.3, 0.4) is 0 Å². The van der Waals surface area contributed by atoms with Crippen molar-refractivity contribution in [3.05, 3.63) is 47.0 Å². The predicted molar refractivity (Wildman–Crippen MR) is 88.4 cm³/mol. The van der Waals surface area contributed by atoms with E-state index in [2.05, 4.69) is 25.2 Å². The van der Waals surface area contributed by atoms with E-state index in [9.17, 15) is 4.79 Å². The third-order valence-corrected chi connectivity index (χ3v) is 4.19. The Morgan fingerprint density at radius 1 is 1.26 bits per heavy atom. The minimum Gasteiger partial charge on any atom is -0.367 e. The molecule has 0 aliphatic carbocycles. The van der Waals surface area contributed by atoms with Crippen LogP contribution in [0, 0.1) is 6.92 Å². The molecule has 122 valence electrons. The van der Waals surface area contributed by atoms with Gasteiger partial charge in [0.2, 0.25) is 0 Å². The van der Waals surface area contributed by atoms with E-state index in [-0.39, 0.29) is 5.56 Å². The molecule has 0 radical (unpaired) electrons. The lowest BCUT2D eigenvalue weighted by molar-refractivity contribution is 0.210. The first-order valence-corrected chi connectivity index (χ1v) is 7.99. The van der Waals surface area contributed by atoms with Gasteiger partial charge in [-0.2, -0.15) is 0 Å². The van der Waals surface area contributed by atoms with Crippen LogP contribution in [0.5, 0.6) is 0 Å². The fourth-order valence-corrected chi connectivity index (χ4v) is 2.82. The number of likely N-dealkylation sites (tertiary alicyclic amines) is 1. The summed E-state index contributed by atoms with van der Waals surface area (Å²) in [6, 6.07) is 3.92. The van der Waals surface area contributed by atoms with Crippen molar-refractivity contribution in [1.82, 2.24) is 24.4 Å². The molecule has 0 bridgehead atoms. The Labute approximate surface area is 135 Å². The van der Waals surface area contributed by atoms with E-state index in [0.717, 1.165) is 44.0 Å². The van der Waals surface area contributed by atoms with Crippen LogP contribution in [-0.2, 0) is 6.54 Å². The molecule has 7 nitrogen and oxygen atoms in total. The molecular weight excluding hydrogens is 292 g/mol. The maximum absolute atomic E-state index is 11.9. The SMILES string of the molecule is Cc1cc(=O)n(CCN2CCC(Nc3ccncn3)CC2)cn1. The van der Waals surface area contributed by atoms with Gasteiger partial charge in [0.05, 0.1) is 6.33 Å². The molecule has 0 amide bonds. The number of piperidine rings is 1. The molecule has 1 fully saturated rings. The van der Waals surface area contributed by atoms with Crippen molar-refractivity contribution in [2.24, 2.45) is 0 Å². The summed E-state index contributed by atoms with van der Waals surface area (Å²) >= 11 is 0.